The van der Waals surface area contributed by atoms with E-state index in [0.717, 1.165) is 64.2 Å². The van der Waals surface area contributed by atoms with Crippen LogP contribution in [-0.2, 0) is 27.9 Å². The number of ether oxygens (including phenoxy) is 2. The first-order chi connectivity index (χ1) is 26.8. The molecule has 0 rings (SSSR count). The van der Waals surface area contributed by atoms with Crippen molar-refractivity contribution < 1.29 is 43.0 Å². The van der Waals surface area contributed by atoms with Crippen molar-refractivity contribution in [1.82, 2.24) is 0 Å². The van der Waals surface area contributed by atoms with Gasteiger partial charge in [-0.2, -0.15) is 0 Å². The number of aliphatic hydroxyl groups excluding tert-OH is 2. The van der Waals surface area contributed by atoms with E-state index in [1.807, 2.05) is 0 Å². The maximum absolute atomic E-state index is 12.6. The summed E-state index contributed by atoms with van der Waals surface area (Å²) in [7, 11) is -4.52. The zero-order valence-electron chi connectivity index (χ0n) is 35.1. The minimum Gasteiger partial charge on any atom is -0.457 e. The molecule has 0 aliphatic rings. The molecule has 3 N–H and O–H groups in total. The van der Waals surface area contributed by atoms with Gasteiger partial charge in [-0.1, -0.05) is 152 Å². The van der Waals surface area contributed by atoms with E-state index < -0.39 is 39.2 Å². The summed E-state index contributed by atoms with van der Waals surface area (Å²) in [5.74, 6) is -0.398. The Kier molecular flexibility index (Phi) is 40.8. The van der Waals surface area contributed by atoms with Crippen LogP contribution in [0.4, 0.5) is 0 Å². The second-order valence-electron chi connectivity index (χ2n) is 14.7. The lowest BCUT2D eigenvalue weighted by Crippen LogP contribution is -2.29. The highest BCUT2D eigenvalue weighted by Gasteiger charge is 2.26. The quantitative estimate of drug-likeness (QED) is 0.0239. The van der Waals surface area contributed by atoms with Crippen molar-refractivity contribution in [2.24, 2.45) is 0 Å². The van der Waals surface area contributed by atoms with Crippen LogP contribution in [0.2, 0.25) is 0 Å². The summed E-state index contributed by atoms with van der Waals surface area (Å²) in [6, 6.07) is 0. The van der Waals surface area contributed by atoms with Crippen LogP contribution in [0.5, 0.6) is 0 Å². The van der Waals surface area contributed by atoms with Crippen LogP contribution < -0.4 is 0 Å². The predicted octanol–water partition coefficient (Wildman–Crippen LogP) is 12.2. The Morgan fingerprint density at radius 2 is 0.982 bits per heavy atom. The number of phosphoric ester groups is 1. The second-order valence-corrected chi connectivity index (χ2v) is 16.2. The molecule has 0 heterocycles. The number of esters is 1. The van der Waals surface area contributed by atoms with Crippen LogP contribution in [0.1, 0.15) is 187 Å². The molecule has 3 unspecified atom stereocenters. The molecular weight excluding hydrogens is 715 g/mol. The van der Waals surface area contributed by atoms with Crippen molar-refractivity contribution in [2.75, 3.05) is 33.0 Å². The van der Waals surface area contributed by atoms with E-state index in [1.54, 1.807) is 0 Å². The van der Waals surface area contributed by atoms with E-state index in [1.165, 1.54) is 96.3 Å². The van der Waals surface area contributed by atoms with Crippen LogP contribution in [0.25, 0.3) is 0 Å². The van der Waals surface area contributed by atoms with E-state index in [9.17, 15) is 19.4 Å². The first kappa shape index (κ1) is 53.4. The van der Waals surface area contributed by atoms with Crippen molar-refractivity contribution in [1.29, 1.82) is 0 Å². The number of phosphoric acid groups is 1. The van der Waals surface area contributed by atoms with Crippen molar-refractivity contribution in [3.05, 3.63) is 48.6 Å². The summed E-state index contributed by atoms with van der Waals surface area (Å²) in [6.45, 7) is 3.45. The van der Waals surface area contributed by atoms with Gasteiger partial charge in [0.25, 0.3) is 0 Å². The monoisotopic (exact) mass is 799 g/mol. The molecule has 0 fully saturated rings. The maximum atomic E-state index is 12.6. The fraction of sp³-hybridized carbons (Fsp3) is 0.800. The SMILES string of the molecule is CCCCC/C=C\C/C=C\C/C=C\CCCCCCCCC(=O)OC(COCCCCCCCC/C=C\CCCCCCC)COP(=O)(O)OCC(O)CO. The Morgan fingerprint density at radius 1 is 0.564 bits per heavy atom. The summed E-state index contributed by atoms with van der Waals surface area (Å²) in [5.41, 5.74) is 0. The second kappa shape index (κ2) is 42.0. The lowest BCUT2D eigenvalue weighted by molar-refractivity contribution is -0.154. The molecule has 55 heavy (non-hydrogen) atoms. The van der Waals surface area contributed by atoms with Crippen molar-refractivity contribution >= 4 is 13.8 Å². The molecule has 3 atom stereocenters. The molecule has 0 aromatic carbocycles. The van der Waals surface area contributed by atoms with Crippen molar-refractivity contribution in [3.63, 3.8) is 0 Å². The topological polar surface area (TPSA) is 132 Å². The molecule has 0 radical (unpaired) electrons. The van der Waals surface area contributed by atoms with E-state index in [0.29, 0.717) is 13.0 Å². The maximum Gasteiger partial charge on any atom is 0.472 e. The fourth-order valence-electron chi connectivity index (χ4n) is 5.83. The molecule has 0 saturated carbocycles. The molecule has 10 heteroatoms. The summed E-state index contributed by atoms with van der Waals surface area (Å²) >= 11 is 0. The molecule has 9 nitrogen and oxygen atoms in total. The molecule has 0 aliphatic heterocycles. The van der Waals surface area contributed by atoms with Gasteiger partial charge in [0.15, 0.2) is 0 Å². The zero-order chi connectivity index (χ0) is 40.3. The normalized spacial score (nSPS) is 14.5. The lowest BCUT2D eigenvalue weighted by atomic mass is 10.1. The van der Waals surface area contributed by atoms with Gasteiger partial charge in [-0.05, 0) is 77.0 Å². The summed E-state index contributed by atoms with van der Waals surface area (Å²) in [5, 5.41) is 18.3. The third kappa shape index (κ3) is 41.9. The number of allylic oxidation sites excluding steroid dienone is 8. The number of hydrogen-bond acceptors (Lipinski definition) is 8. The molecule has 0 amide bonds. The van der Waals surface area contributed by atoms with Gasteiger partial charge in [0.2, 0.25) is 0 Å². The van der Waals surface area contributed by atoms with E-state index in [2.05, 4.69) is 62.5 Å². The van der Waals surface area contributed by atoms with E-state index in [-0.39, 0.29) is 19.6 Å². The number of rotatable bonds is 42. The highest BCUT2D eigenvalue weighted by atomic mass is 31.2. The van der Waals surface area contributed by atoms with E-state index in [4.69, 9.17) is 23.6 Å². The number of hydrogen-bond donors (Lipinski definition) is 3. The standard InChI is InChI=1S/C45H83O9P/c1-3-5-7-9-11-13-15-17-19-20-21-22-23-25-27-29-31-33-35-37-45(48)54-44(42-53-55(49,50)52-40-43(47)39-46)41-51-38-36-34-32-30-28-26-24-18-16-14-12-10-8-6-4-2/h11,13,16-19,21-22,43-44,46-47H,3-10,12,14-15,20,23-42H2,1-2H3,(H,49,50)/b13-11-,18-16-,19-17-,22-21-. The number of carbonyl (C=O) groups excluding carboxylic acids is 1. The number of unbranched alkanes of at least 4 members (excludes halogenated alkanes) is 20. The summed E-state index contributed by atoms with van der Waals surface area (Å²) in [4.78, 5) is 22.6. The average Bonchev–Trinajstić information content (AvgIpc) is 3.18. The van der Waals surface area contributed by atoms with Gasteiger partial charge in [-0.3, -0.25) is 13.8 Å². The van der Waals surface area contributed by atoms with Gasteiger partial charge in [0, 0.05) is 13.0 Å². The third-order valence-electron chi connectivity index (χ3n) is 9.24. The Balaban J connectivity index is 4.20. The highest BCUT2D eigenvalue weighted by molar-refractivity contribution is 7.47. The Bertz CT molecular complexity index is 997. The van der Waals surface area contributed by atoms with Gasteiger partial charge in [0.05, 0.1) is 26.4 Å². The van der Waals surface area contributed by atoms with Gasteiger partial charge in [-0.25, -0.2) is 4.57 Å². The van der Waals surface area contributed by atoms with Crippen LogP contribution in [0.3, 0.4) is 0 Å². The molecule has 0 spiro atoms. The zero-order valence-corrected chi connectivity index (χ0v) is 36.0. The lowest BCUT2D eigenvalue weighted by Gasteiger charge is -2.20. The first-order valence-electron chi connectivity index (χ1n) is 22.1. The molecule has 0 aromatic rings. The Hall–Kier alpha value is -1.58. The molecule has 322 valence electrons. The molecule has 0 saturated heterocycles. The molecule has 0 aromatic heterocycles. The molecular formula is C45H83O9P. The highest BCUT2D eigenvalue weighted by Crippen LogP contribution is 2.43. The first-order valence-corrected chi connectivity index (χ1v) is 23.6. The minimum atomic E-state index is -4.52. The fourth-order valence-corrected chi connectivity index (χ4v) is 6.62. The minimum absolute atomic E-state index is 0.0389. The number of aliphatic hydroxyl groups is 2. The predicted molar refractivity (Wildman–Crippen MR) is 228 cm³/mol. The van der Waals surface area contributed by atoms with Crippen LogP contribution >= 0.6 is 7.82 Å². The van der Waals surface area contributed by atoms with Crippen LogP contribution in [0, 0.1) is 0 Å². The average molecular weight is 799 g/mol. The van der Waals surface area contributed by atoms with Gasteiger partial charge >= 0.3 is 13.8 Å². The van der Waals surface area contributed by atoms with Crippen molar-refractivity contribution in [2.45, 2.75) is 199 Å². The smallest absolute Gasteiger partial charge is 0.457 e. The third-order valence-corrected chi connectivity index (χ3v) is 10.2. The number of carbonyl (C=O) groups is 1. The van der Waals surface area contributed by atoms with E-state index >= 15 is 0 Å². The summed E-state index contributed by atoms with van der Waals surface area (Å²) < 4.78 is 33.4. The molecule has 0 bridgehead atoms. The summed E-state index contributed by atoms with van der Waals surface area (Å²) in [6.07, 6.45) is 46.3. The largest absolute Gasteiger partial charge is 0.472 e. The van der Waals surface area contributed by atoms with Gasteiger partial charge < -0.3 is 24.6 Å². The Morgan fingerprint density at radius 3 is 1.53 bits per heavy atom. The van der Waals surface area contributed by atoms with Gasteiger partial charge in [0.1, 0.15) is 12.2 Å². The van der Waals surface area contributed by atoms with Crippen LogP contribution in [0.15, 0.2) is 48.6 Å². The van der Waals surface area contributed by atoms with Crippen molar-refractivity contribution in [3.8, 4) is 0 Å². The van der Waals surface area contributed by atoms with Crippen LogP contribution in [-0.4, -0.2) is 66.3 Å². The Labute approximate surface area is 337 Å². The molecule has 0 aliphatic carbocycles. The van der Waals surface area contributed by atoms with Gasteiger partial charge in [-0.15, -0.1) is 0 Å².